The number of hydrogen-bond acceptors (Lipinski definition) is 2. The molecule has 0 aliphatic carbocycles. The van der Waals surface area contributed by atoms with E-state index in [1.165, 1.54) is 10.5 Å². The largest absolute Gasteiger partial charge is 0.351 e. The number of nitrogens with one attached hydrogen (secondary N) is 1. The highest BCUT2D eigenvalue weighted by atomic mass is 35.5. The van der Waals surface area contributed by atoms with E-state index in [1.54, 1.807) is 36.0 Å². The minimum Gasteiger partial charge on any atom is -0.351 e. The van der Waals surface area contributed by atoms with Gasteiger partial charge in [0.25, 0.3) is 5.91 Å². The number of rotatable bonds is 5. The maximum atomic E-state index is 11.9. The Kier molecular flexibility index (Phi) is 5.50. The summed E-state index contributed by atoms with van der Waals surface area (Å²) in [5.74, 6) is 0.757. The Bertz CT molecular complexity index is 583. The van der Waals surface area contributed by atoms with Crippen molar-refractivity contribution in [3.63, 3.8) is 0 Å². The molecule has 2 rings (SSSR count). The average Bonchev–Trinajstić information content (AvgIpc) is 2.45. The first-order valence-electron chi connectivity index (χ1n) is 6.38. The zero-order valence-corrected chi connectivity index (χ0v) is 12.8. The molecule has 0 aliphatic heterocycles. The second-order valence-electron chi connectivity index (χ2n) is 4.43. The lowest BCUT2D eigenvalue weighted by molar-refractivity contribution is 0.0956. The summed E-state index contributed by atoms with van der Waals surface area (Å²) in [6, 6.07) is 15.3. The molecule has 0 bridgehead atoms. The molecule has 0 spiro atoms. The lowest BCUT2D eigenvalue weighted by atomic mass is 10.2. The highest BCUT2D eigenvalue weighted by Crippen LogP contribution is 2.17. The summed E-state index contributed by atoms with van der Waals surface area (Å²) < 4.78 is 0. The van der Waals surface area contributed by atoms with Crippen LogP contribution >= 0.6 is 23.4 Å². The maximum absolute atomic E-state index is 11.9. The summed E-state index contributed by atoms with van der Waals surface area (Å²) in [6.45, 7) is 2.70. The first-order valence-corrected chi connectivity index (χ1v) is 7.75. The second kappa shape index (κ2) is 7.36. The number of aryl methyl sites for hydroxylation is 1. The summed E-state index contributed by atoms with van der Waals surface area (Å²) in [5.41, 5.74) is 1.85. The van der Waals surface area contributed by atoms with E-state index in [4.69, 9.17) is 11.6 Å². The number of halogens is 1. The van der Waals surface area contributed by atoms with Gasteiger partial charge in [0.2, 0.25) is 0 Å². The van der Waals surface area contributed by atoms with E-state index in [2.05, 4.69) is 36.5 Å². The first kappa shape index (κ1) is 14.9. The Labute approximate surface area is 128 Å². The monoisotopic (exact) mass is 305 g/mol. The van der Waals surface area contributed by atoms with E-state index >= 15 is 0 Å². The van der Waals surface area contributed by atoms with Crippen LogP contribution in [0.2, 0.25) is 5.02 Å². The molecule has 1 amide bonds. The van der Waals surface area contributed by atoms with Gasteiger partial charge in [0.05, 0.1) is 0 Å². The average molecular weight is 306 g/mol. The van der Waals surface area contributed by atoms with Crippen LogP contribution in [-0.2, 0) is 0 Å². The fourth-order valence-electron chi connectivity index (χ4n) is 1.70. The number of amides is 1. The Hall–Kier alpha value is -1.45. The Morgan fingerprint density at radius 1 is 1.20 bits per heavy atom. The molecule has 20 heavy (non-hydrogen) atoms. The number of carbonyl (C=O) groups is 1. The molecule has 0 aliphatic rings. The molecule has 0 unspecified atom stereocenters. The third-order valence-electron chi connectivity index (χ3n) is 2.76. The van der Waals surface area contributed by atoms with E-state index in [0.717, 1.165) is 5.75 Å². The topological polar surface area (TPSA) is 29.1 Å². The van der Waals surface area contributed by atoms with Crippen molar-refractivity contribution in [1.82, 2.24) is 5.32 Å². The zero-order chi connectivity index (χ0) is 14.4. The molecular formula is C16H16ClNOS. The Morgan fingerprint density at radius 3 is 2.65 bits per heavy atom. The van der Waals surface area contributed by atoms with E-state index in [0.29, 0.717) is 17.1 Å². The minimum atomic E-state index is -0.0861. The molecule has 0 fully saturated rings. The highest BCUT2D eigenvalue weighted by Gasteiger charge is 2.04. The third kappa shape index (κ3) is 4.58. The summed E-state index contributed by atoms with van der Waals surface area (Å²) in [4.78, 5) is 13.1. The van der Waals surface area contributed by atoms with Crippen LogP contribution < -0.4 is 5.32 Å². The molecule has 0 saturated carbocycles. The van der Waals surface area contributed by atoms with Gasteiger partial charge >= 0.3 is 0 Å². The van der Waals surface area contributed by atoms with Gasteiger partial charge < -0.3 is 5.32 Å². The van der Waals surface area contributed by atoms with E-state index in [9.17, 15) is 4.79 Å². The molecule has 1 N–H and O–H groups in total. The molecule has 104 valence electrons. The molecule has 0 atom stereocenters. The van der Waals surface area contributed by atoms with Crippen LogP contribution in [0.5, 0.6) is 0 Å². The number of hydrogen-bond donors (Lipinski definition) is 1. The van der Waals surface area contributed by atoms with Gasteiger partial charge in [-0.15, -0.1) is 11.8 Å². The van der Waals surface area contributed by atoms with Crippen molar-refractivity contribution < 1.29 is 4.79 Å². The summed E-state index contributed by atoms with van der Waals surface area (Å²) >= 11 is 7.59. The molecule has 2 aromatic rings. The van der Waals surface area contributed by atoms with Crippen molar-refractivity contribution in [3.05, 3.63) is 64.7 Å². The normalized spacial score (nSPS) is 10.3. The molecule has 2 nitrogen and oxygen atoms in total. The van der Waals surface area contributed by atoms with Gasteiger partial charge in [-0.2, -0.15) is 0 Å². The Morgan fingerprint density at radius 2 is 1.95 bits per heavy atom. The number of carbonyl (C=O) groups excluding carboxylic acids is 1. The molecule has 4 heteroatoms. The van der Waals surface area contributed by atoms with Crippen molar-refractivity contribution in [2.75, 3.05) is 12.3 Å². The van der Waals surface area contributed by atoms with Crippen molar-refractivity contribution in [1.29, 1.82) is 0 Å². The van der Waals surface area contributed by atoms with Crippen LogP contribution in [0.3, 0.4) is 0 Å². The Balaban J connectivity index is 1.76. The predicted octanol–water partition coefficient (Wildman–Crippen LogP) is 4.17. The second-order valence-corrected chi connectivity index (χ2v) is 6.03. The lowest BCUT2D eigenvalue weighted by Gasteiger charge is -2.06. The van der Waals surface area contributed by atoms with Crippen molar-refractivity contribution in [2.24, 2.45) is 0 Å². The quantitative estimate of drug-likeness (QED) is 0.663. The van der Waals surface area contributed by atoms with Gasteiger partial charge in [0.1, 0.15) is 0 Å². The molecular weight excluding hydrogens is 290 g/mol. The summed E-state index contributed by atoms with van der Waals surface area (Å²) in [5, 5.41) is 3.47. The van der Waals surface area contributed by atoms with E-state index in [-0.39, 0.29) is 5.91 Å². The summed E-state index contributed by atoms with van der Waals surface area (Å²) in [7, 11) is 0. The van der Waals surface area contributed by atoms with Gasteiger partial charge in [-0.25, -0.2) is 0 Å². The maximum Gasteiger partial charge on any atom is 0.251 e. The first-order chi connectivity index (χ1) is 9.65. The van der Waals surface area contributed by atoms with E-state index in [1.807, 2.05) is 0 Å². The van der Waals surface area contributed by atoms with Gasteiger partial charge in [-0.3, -0.25) is 4.79 Å². The van der Waals surface area contributed by atoms with Crippen LogP contribution in [-0.4, -0.2) is 18.2 Å². The standard InChI is InChI=1S/C16H16ClNOS/c1-12-5-7-15(8-6-12)20-10-9-18-16(19)13-3-2-4-14(17)11-13/h2-8,11H,9-10H2,1H3,(H,18,19). The van der Waals surface area contributed by atoms with Crippen LogP contribution in [0.4, 0.5) is 0 Å². The fraction of sp³-hybridized carbons (Fsp3) is 0.188. The van der Waals surface area contributed by atoms with Gasteiger partial charge in [-0.05, 0) is 37.3 Å². The van der Waals surface area contributed by atoms with Gasteiger partial charge in [0.15, 0.2) is 0 Å². The zero-order valence-electron chi connectivity index (χ0n) is 11.2. The third-order valence-corrected chi connectivity index (χ3v) is 4.01. The molecule has 0 aromatic heterocycles. The van der Waals surface area contributed by atoms with Crippen LogP contribution in [0.25, 0.3) is 0 Å². The summed E-state index contributed by atoms with van der Waals surface area (Å²) in [6.07, 6.45) is 0. The molecule has 0 radical (unpaired) electrons. The van der Waals surface area contributed by atoms with Crippen LogP contribution in [0.1, 0.15) is 15.9 Å². The predicted molar refractivity (Wildman–Crippen MR) is 85.7 cm³/mol. The van der Waals surface area contributed by atoms with Crippen molar-refractivity contribution in [3.8, 4) is 0 Å². The fourth-order valence-corrected chi connectivity index (χ4v) is 2.66. The van der Waals surface area contributed by atoms with Crippen molar-refractivity contribution in [2.45, 2.75) is 11.8 Å². The molecule has 2 aromatic carbocycles. The number of thioether (sulfide) groups is 1. The smallest absolute Gasteiger partial charge is 0.251 e. The van der Waals surface area contributed by atoms with E-state index < -0.39 is 0 Å². The molecule has 0 heterocycles. The molecule has 0 saturated heterocycles. The van der Waals surface area contributed by atoms with Crippen LogP contribution in [0, 0.1) is 6.92 Å². The minimum absolute atomic E-state index is 0.0861. The van der Waals surface area contributed by atoms with Gasteiger partial charge in [0, 0.05) is 27.8 Å². The van der Waals surface area contributed by atoms with Gasteiger partial charge in [-0.1, -0.05) is 35.4 Å². The SMILES string of the molecule is Cc1ccc(SCCNC(=O)c2cccc(Cl)c2)cc1. The van der Waals surface area contributed by atoms with Crippen molar-refractivity contribution >= 4 is 29.3 Å². The van der Waals surface area contributed by atoms with Crippen LogP contribution in [0.15, 0.2) is 53.4 Å². The lowest BCUT2D eigenvalue weighted by Crippen LogP contribution is -2.25. The number of benzene rings is 2. The highest BCUT2D eigenvalue weighted by molar-refractivity contribution is 7.99.